The van der Waals surface area contributed by atoms with Crippen LogP contribution in [-0.2, 0) is 23.5 Å². The van der Waals surface area contributed by atoms with Gasteiger partial charge in [0.05, 0.1) is 19.3 Å². The van der Waals surface area contributed by atoms with Gasteiger partial charge in [-0.1, -0.05) is 36.4 Å². The van der Waals surface area contributed by atoms with Crippen LogP contribution in [0.1, 0.15) is 18.1 Å². The third kappa shape index (κ3) is 3.95. The van der Waals surface area contributed by atoms with Crippen LogP contribution >= 0.6 is 0 Å². The van der Waals surface area contributed by atoms with E-state index in [9.17, 15) is 13.9 Å². The van der Waals surface area contributed by atoms with Gasteiger partial charge in [-0.15, -0.1) is 0 Å². The van der Waals surface area contributed by atoms with Gasteiger partial charge in [0.15, 0.2) is 0 Å². The molecule has 1 heterocycles. The van der Waals surface area contributed by atoms with Gasteiger partial charge < -0.3 is 9.84 Å². The zero-order valence-corrected chi connectivity index (χ0v) is 14.2. The number of halogens is 2. The van der Waals surface area contributed by atoms with Crippen LogP contribution < -0.4 is 0 Å². The molecule has 0 fully saturated rings. The molecule has 7 heteroatoms. The predicted molar refractivity (Wildman–Crippen MR) is 91.0 cm³/mol. The van der Waals surface area contributed by atoms with E-state index >= 15 is 0 Å². The van der Waals surface area contributed by atoms with Gasteiger partial charge in [0.1, 0.15) is 29.9 Å². The molecular formula is C19H19F2N3O2. The van der Waals surface area contributed by atoms with Crippen molar-refractivity contribution < 1.29 is 18.6 Å². The lowest BCUT2D eigenvalue weighted by atomic mass is 9.88. The number of hydrogen-bond acceptors (Lipinski definition) is 4. The third-order valence-corrected chi connectivity index (χ3v) is 4.28. The van der Waals surface area contributed by atoms with Crippen molar-refractivity contribution in [2.75, 3.05) is 0 Å². The smallest absolute Gasteiger partial charge is 0.138 e. The first-order valence-corrected chi connectivity index (χ1v) is 8.15. The van der Waals surface area contributed by atoms with Gasteiger partial charge in [-0.05, 0) is 18.6 Å². The summed E-state index contributed by atoms with van der Waals surface area (Å²) in [5.74, 6) is -1.56. The summed E-state index contributed by atoms with van der Waals surface area (Å²) in [4.78, 5) is 3.84. The number of hydrogen-bond donors (Lipinski definition) is 1. The molecule has 2 aromatic carbocycles. The molecule has 0 saturated carbocycles. The highest BCUT2D eigenvalue weighted by Gasteiger charge is 2.40. The van der Waals surface area contributed by atoms with E-state index in [0.717, 1.165) is 17.7 Å². The van der Waals surface area contributed by atoms with Crippen LogP contribution in [0, 0.1) is 11.6 Å². The van der Waals surface area contributed by atoms with Gasteiger partial charge >= 0.3 is 0 Å². The predicted octanol–water partition coefficient (Wildman–Crippen LogP) is 3.05. The second-order valence-corrected chi connectivity index (χ2v) is 6.08. The fourth-order valence-corrected chi connectivity index (χ4v) is 2.77. The highest BCUT2D eigenvalue weighted by molar-refractivity contribution is 5.26. The quantitative estimate of drug-likeness (QED) is 0.704. The van der Waals surface area contributed by atoms with E-state index in [-0.39, 0.29) is 18.7 Å². The molecule has 136 valence electrons. The summed E-state index contributed by atoms with van der Waals surface area (Å²) in [6, 6.07) is 12.5. The second kappa shape index (κ2) is 7.72. The number of aromatic nitrogens is 3. The van der Waals surface area contributed by atoms with Crippen molar-refractivity contribution in [3.05, 3.63) is 83.9 Å². The lowest BCUT2D eigenvalue weighted by Crippen LogP contribution is -2.44. The van der Waals surface area contributed by atoms with E-state index in [0.29, 0.717) is 0 Å². The molecule has 5 nitrogen and oxygen atoms in total. The van der Waals surface area contributed by atoms with Crippen LogP contribution in [0.5, 0.6) is 0 Å². The molecule has 0 bridgehead atoms. The molecule has 0 aliphatic rings. The van der Waals surface area contributed by atoms with Crippen molar-refractivity contribution in [2.45, 2.75) is 31.8 Å². The van der Waals surface area contributed by atoms with Crippen molar-refractivity contribution in [3.63, 3.8) is 0 Å². The van der Waals surface area contributed by atoms with Gasteiger partial charge in [0.2, 0.25) is 0 Å². The summed E-state index contributed by atoms with van der Waals surface area (Å²) in [7, 11) is 0. The molecule has 0 saturated heterocycles. The summed E-state index contributed by atoms with van der Waals surface area (Å²) >= 11 is 0. The van der Waals surface area contributed by atoms with Crippen molar-refractivity contribution >= 4 is 0 Å². The molecule has 1 aromatic heterocycles. The first-order chi connectivity index (χ1) is 12.5. The Morgan fingerprint density at radius 2 is 1.96 bits per heavy atom. The van der Waals surface area contributed by atoms with E-state index in [4.69, 9.17) is 4.74 Å². The molecule has 0 aliphatic carbocycles. The minimum absolute atomic E-state index is 0.0602. The largest absolute Gasteiger partial charge is 0.380 e. The standard InChI is InChI=1S/C19H19F2N3O2/c1-14(26-10-15-5-3-2-4-6-15)19(25,11-24-13-22-12-23-24)17-8-7-16(20)9-18(17)21/h2-9,12-14,25H,10-11H2,1H3/t14-,19+/m0/s1. The Morgan fingerprint density at radius 3 is 2.62 bits per heavy atom. The van der Waals surface area contributed by atoms with Crippen LogP contribution in [-0.4, -0.2) is 26.0 Å². The third-order valence-electron chi connectivity index (χ3n) is 4.28. The Balaban J connectivity index is 1.88. The Morgan fingerprint density at radius 1 is 1.19 bits per heavy atom. The molecule has 2 atom stereocenters. The van der Waals surface area contributed by atoms with E-state index < -0.39 is 23.3 Å². The number of nitrogens with zero attached hydrogens (tertiary/aromatic N) is 3. The van der Waals surface area contributed by atoms with E-state index in [1.54, 1.807) is 6.92 Å². The molecule has 0 radical (unpaired) electrons. The van der Waals surface area contributed by atoms with Crippen molar-refractivity contribution in [1.29, 1.82) is 0 Å². The molecule has 26 heavy (non-hydrogen) atoms. The lowest BCUT2D eigenvalue weighted by molar-refractivity contribution is -0.124. The normalized spacial score (nSPS) is 14.8. The van der Waals surface area contributed by atoms with Crippen LogP contribution in [0.3, 0.4) is 0 Å². The Labute approximate surface area is 149 Å². The summed E-state index contributed by atoms with van der Waals surface area (Å²) in [5.41, 5.74) is -0.905. The molecule has 3 rings (SSSR count). The maximum Gasteiger partial charge on any atom is 0.138 e. The number of benzene rings is 2. The van der Waals surface area contributed by atoms with Gasteiger partial charge in [-0.25, -0.2) is 18.4 Å². The van der Waals surface area contributed by atoms with Gasteiger partial charge in [-0.3, -0.25) is 0 Å². The topological polar surface area (TPSA) is 60.2 Å². The number of rotatable bonds is 7. The first-order valence-electron chi connectivity index (χ1n) is 8.15. The number of aliphatic hydroxyl groups is 1. The average Bonchev–Trinajstić information content (AvgIpc) is 3.13. The highest BCUT2D eigenvalue weighted by atomic mass is 19.1. The second-order valence-electron chi connectivity index (χ2n) is 6.08. The lowest BCUT2D eigenvalue weighted by Gasteiger charge is -2.34. The molecule has 1 N–H and O–H groups in total. The minimum atomic E-state index is -1.76. The van der Waals surface area contributed by atoms with Crippen LogP contribution in [0.4, 0.5) is 8.78 Å². The molecule has 0 unspecified atom stereocenters. The van der Waals surface area contributed by atoms with Gasteiger partial charge in [-0.2, -0.15) is 5.10 Å². The van der Waals surface area contributed by atoms with Crippen molar-refractivity contribution in [3.8, 4) is 0 Å². The van der Waals surface area contributed by atoms with Crippen molar-refractivity contribution in [1.82, 2.24) is 14.8 Å². The molecule has 0 spiro atoms. The summed E-state index contributed by atoms with van der Waals surface area (Å²) in [6.07, 6.45) is 1.93. The first kappa shape index (κ1) is 18.2. The Kier molecular flexibility index (Phi) is 5.39. The summed E-state index contributed by atoms with van der Waals surface area (Å²) < 4.78 is 34.9. The van der Waals surface area contributed by atoms with E-state index in [1.165, 1.54) is 23.4 Å². The molecular weight excluding hydrogens is 340 g/mol. The Bertz CT molecular complexity index is 843. The van der Waals surface area contributed by atoms with Gasteiger partial charge in [0, 0.05) is 11.6 Å². The fraction of sp³-hybridized carbons (Fsp3) is 0.263. The minimum Gasteiger partial charge on any atom is -0.380 e. The van der Waals surface area contributed by atoms with Crippen LogP contribution in [0.2, 0.25) is 0 Å². The molecule has 0 amide bonds. The maximum atomic E-state index is 14.4. The van der Waals surface area contributed by atoms with Crippen LogP contribution in [0.25, 0.3) is 0 Å². The van der Waals surface area contributed by atoms with Crippen LogP contribution in [0.15, 0.2) is 61.2 Å². The fourth-order valence-electron chi connectivity index (χ4n) is 2.77. The molecule has 3 aromatic rings. The summed E-state index contributed by atoms with van der Waals surface area (Å²) in [6.45, 7) is 1.79. The SMILES string of the molecule is C[C@H](OCc1ccccc1)[C@](O)(Cn1cncn1)c1ccc(F)cc1F. The van der Waals surface area contributed by atoms with E-state index in [2.05, 4.69) is 10.1 Å². The maximum absolute atomic E-state index is 14.4. The Hall–Kier alpha value is -2.64. The zero-order chi connectivity index (χ0) is 18.6. The van der Waals surface area contributed by atoms with E-state index in [1.807, 2.05) is 30.3 Å². The monoisotopic (exact) mass is 359 g/mol. The van der Waals surface area contributed by atoms with Gasteiger partial charge in [0.25, 0.3) is 0 Å². The average molecular weight is 359 g/mol. The summed E-state index contributed by atoms with van der Waals surface area (Å²) in [5, 5.41) is 15.3. The van der Waals surface area contributed by atoms with Crippen molar-refractivity contribution in [2.24, 2.45) is 0 Å². The highest BCUT2D eigenvalue weighted by Crippen LogP contribution is 2.32. The zero-order valence-electron chi connectivity index (χ0n) is 14.2. The molecule has 0 aliphatic heterocycles. The number of ether oxygens (including phenoxy) is 1.